The van der Waals surface area contributed by atoms with Crippen molar-refractivity contribution in [1.82, 2.24) is 10.2 Å². The molecular weight excluding hydrogens is 378 g/mol. The molecule has 5 nitrogen and oxygen atoms in total. The molecule has 7 heteroatoms. The predicted octanol–water partition coefficient (Wildman–Crippen LogP) is 3.47. The van der Waals surface area contributed by atoms with Gasteiger partial charge in [-0.25, -0.2) is 0 Å². The van der Waals surface area contributed by atoms with Crippen LogP contribution in [0, 0.1) is 5.92 Å². The molecule has 1 N–H and O–H groups in total. The van der Waals surface area contributed by atoms with E-state index in [0.717, 1.165) is 21.4 Å². The second kappa shape index (κ2) is 6.88. The number of rotatable bonds is 4. The lowest BCUT2D eigenvalue weighted by Crippen LogP contribution is -2.25. The van der Waals surface area contributed by atoms with Crippen molar-refractivity contribution in [3.05, 3.63) is 34.9 Å². The van der Waals surface area contributed by atoms with Gasteiger partial charge in [0.05, 0.1) is 6.20 Å². The number of halogens is 1. The number of amides is 1. The number of anilines is 1. The molecule has 23 heavy (non-hydrogen) atoms. The Morgan fingerprint density at radius 1 is 1.43 bits per heavy atom. The molecule has 1 aromatic heterocycles. The fraction of sp³-hybridized carbons (Fsp3) is 0.312. The summed E-state index contributed by atoms with van der Waals surface area (Å²) in [5.41, 5.74) is 1.89. The molecule has 2 aromatic rings. The van der Waals surface area contributed by atoms with Crippen LogP contribution in [0.4, 0.5) is 5.82 Å². The maximum Gasteiger partial charge on any atom is 0.228 e. The Morgan fingerprint density at radius 2 is 2.22 bits per heavy atom. The maximum absolute atomic E-state index is 12.4. The van der Waals surface area contributed by atoms with E-state index in [1.165, 1.54) is 11.8 Å². The summed E-state index contributed by atoms with van der Waals surface area (Å²) in [5, 5.41) is 7.16. The largest absolute Gasteiger partial charge is 0.296 e. The molecule has 0 bridgehead atoms. The Hall–Kier alpha value is -1.60. The lowest BCUT2D eigenvalue weighted by atomic mass is 10.1. The molecule has 1 aromatic carbocycles. The highest BCUT2D eigenvalue weighted by Crippen LogP contribution is 2.36. The van der Waals surface area contributed by atoms with E-state index in [1.807, 2.05) is 24.3 Å². The van der Waals surface area contributed by atoms with Gasteiger partial charge in [-0.2, -0.15) is 5.10 Å². The van der Waals surface area contributed by atoms with Crippen molar-refractivity contribution in [3.63, 3.8) is 0 Å². The van der Waals surface area contributed by atoms with Crippen LogP contribution in [0.25, 0.3) is 11.1 Å². The van der Waals surface area contributed by atoms with Crippen LogP contribution in [0.3, 0.4) is 0 Å². The van der Waals surface area contributed by atoms with Gasteiger partial charge < -0.3 is 0 Å². The molecular formula is C16H16BrN3O2S. The van der Waals surface area contributed by atoms with E-state index >= 15 is 0 Å². The lowest BCUT2D eigenvalue weighted by Gasteiger charge is -2.17. The topological polar surface area (TPSA) is 66.1 Å². The van der Waals surface area contributed by atoms with Crippen LogP contribution in [0.2, 0.25) is 0 Å². The van der Waals surface area contributed by atoms with E-state index in [2.05, 4.69) is 26.1 Å². The summed E-state index contributed by atoms with van der Waals surface area (Å²) < 4.78 is 0.956. The third kappa shape index (κ3) is 3.50. The zero-order chi connectivity index (χ0) is 16.4. The Kier molecular flexibility index (Phi) is 4.87. The summed E-state index contributed by atoms with van der Waals surface area (Å²) in [6.45, 7) is 2.16. The number of hydrogen-bond donors (Lipinski definition) is 1. The predicted molar refractivity (Wildman–Crippen MR) is 95.3 cm³/mol. The number of carbonyl (C=O) groups excluding carboxylic acids is 2. The molecule has 3 rings (SSSR count). The van der Waals surface area contributed by atoms with Gasteiger partial charge in [-0.05, 0) is 12.0 Å². The monoisotopic (exact) mass is 393 g/mol. The highest BCUT2D eigenvalue weighted by molar-refractivity contribution is 9.10. The van der Waals surface area contributed by atoms with E-state index in [9.17, 15) is 9.59 Å². The normalized spacial score (nSPS) is 17.7. The first-order valence-corrected chi connectivity index (χ1v) is 9.06. The lowest BCUT2D eigenvalue weighted by molar-refractivity contribution is -0.117. The number of aromatic nitrogens is 2. The van der Waals surface area contributed by atoms with E-state index in [-0.39, 0.29) is 16.9 Å². The third-order valence-corrected chi connectivity index (χ3v) is 5.52. The SMILES string of the molecule is CC(=O)SCC1CC(=O)N(c2[nH]ncc2-c2ccccc2Br)C1. The van der Waals surface area contributed by atoms with Crippen molar-refractivity contribution < 1.29 is 9.59 Å². The van der Waals surface area contributed by atoms with Crippen molar-refractivity contribution >= 4 is 44.5 Å². The number of aromatic amines is 1. The van der Waals surface area contributed by atoms with Crippen LogP contribution in [0.5, 0.6) is 0 Å². The molecule has 120 valence electrons. The zero-order valence-corrected chi connectivity index (χ0v) is 15.0. The number of hydrogen-bond acceptors (Lipinski definition) is 4. The van der Waals surface area contributed by atoms with Crippen molar-refractivity contribution in [2.75, 3.05) is 17.2 Å². The summed E-state index contributed by atoms with van der Waals surface area (Å²) in [6.07, 6.45) is 2.20. The summed E-state index contributed by atoms with van der Waals surface area (Å²) in [7, 11) is 0. The summed E-state index contributed by atoms with van der Waals surface area (Å²) in [4.78, 5) is 25.2. The first-order valence-electron chi connectivity index (χ1n) is 7.28. The Morgan fingerprint density at radius 3 is 2.96 bits per heavy atom. The van der Waals surface area contributed by atoms with Crippen molar-refractivity contribution in [2.24, 2.45) is 5.92 Å². The number of nitrogens with one attached hydrogen (secondary N) is 1. The molecule has 1 fully saturated rings. The van der Waals surface area contributed by atoms with Crippen LogP contribution >= 0.6 is 27.7 Å². The molecule has 1 atom stereocenters. The van der Waals surface area contributed by atoms with Gasteiger partial charge in [0.1, 0.15) is 5.82 Å². The van der Waals surface area contributed by atoms with Crippen LogP contribution in [-0.4, -0.2) is 33.5 Å². The number of benzene rings is 1. The minimum atomic E-state index is 0.0664. The fourth-order valence-electron chi connectivity index (χ4n) is 2.71. The number of H-pyrrole nitrogens is 1. The maximum atomic E-state index is 12.4. The zero-order valence-electron chi connectivity index (χ0n) is 12.6. The van der Waals surface area contributed by atoms with Gasteiger partial charge in [-0.15, -0.1) is 0 Å². The average Bonchev–Trinajstić information content (AvgIpc) is 3.12. The van der Waals surface area contributed by atoms with Gasteiger partial charge in [0.2, 0.25) is 5.91 Å². The van der Waals surface area contributed by atoms with Crippen LogP contribution in [-0.2, 0) is 9.59 Å². The standard InChI is InChI=1S/C16H16BrN3O2S/c1-10(21)23-9-11-6-15(22)20(8-11)16-13(7-18-19-16)12-4-2-3-5-14(12)17/h2-5,7,11H,6,8-9H2,1H3,(H,18,19). The highest BCUT2D eigenvalue weighted by atomic mass is 79.9. The molecule has 1 unspecified atom stereocenters. The quantitative estimate of drug-likeness (QED) is 0.863. The van der Waals surface area contributed by atoms with Gasteiger partial charge >= 0.3 is 0 Å². The molecule has 0 aliphatic carbocycles. The van der Waals surface area contributed by atoms with Crippen molar-refractivity contribution in [1.29, 1.82) is 0 Å². The molecule has 2 heterocycles. The van der Waals surface area contributed by atoms with Crippen LogP contribution in [0.1, 0.15) is 13.3 Å². The average molecular weight is 394 g/mol. The number of carbonyl (C=O) groups is 2. The van der Waals surface area contributed by atoms with E-state index in [1.54, 1.807) is 18.0 Å². The summed E-state index contributed by atoms with van der Waals surface area (Å²) in [5.74, 6) is 1.65. The van der Waals surface area contributed by atoms with Gasteiger partial charge in [0.15, 0.2) is 5.12 Å². The van der Waals surface area contributed by atoms with Crippen molar-refractivity contribution in [3.8, 4) is 11.1 Å². The van der Waals surface area contributed by atoms with E-state index < -0.39 is 0 Å². The van der Waals surface area contributed by atoms with E-state index in [4.69, 9.17) is 0 Å². The van der Waals surface area contributed by atoms with Crippen LogP contribution in [0.15, 0.2) is 34.9 Å². The van der Waals surface area contributed by atoms with Crippen LogP contribution < -0.4 is 4.90 Å². The second-order valence-corrected chi connectivity index (χ2v) is 7.54. The second-order valence-electron chi connectivity index (χ2n) is 5.49. The molecule has 1 aliphatic rings. The van der Waals surface area contributed by atoms with Gasteiger partial charge in [0, 0.05) is 41.2 Å². The number of nitrogens with zero attached hydrogens (tertiary/aromatic N) is 2. The molecule has 1 amide bonds. The molecule has 1 aliphatic heterocycles. The highest BCUT2D eigenvalue weighted by Gasteiger charge is 2.33. The molecule has 1 saturated heterocycles. The Balaban J connectivity index is 1.84. The minimum Gasteiger partial charge on any atom is -0.296 e. The summed E-state index contributed by atoms with van der Waals surface area (Å²) >= 11 is 4.82. The van der Waals surface area contributed by atoms with Gasteiger partial charge in [-0.3, -0.25) is 19.6 Å². The summed E-state index contributed by atoms with van der Waals surface area (Å²) in [6, 6.07) is 7.85. The fourth-order valence-corrected chi connectivity index (χ4v) is 3.90. The van der Waals surface area contributed by atoms with Crippen molar-refractivity contribution in [2.45, 2.75) is 13.3 Å². The molecule has 0 spiro atoms. The van der Waals surface area contributed by atoms with Gasteiger partial charge in [-0.1, -0.05) is 45.9 Å². The minimum absolute atomic E-state index is 0.0664. The Bertz CT molecular complexity index is 746. The van der Waals surface area contributed by atoms with E-state index in [0.29, 0.717) is 18.7 Å². The smallest absolute Gasteiger partial charge is 0.228 e. The van der Waals surface area contributed by atoms with Gasteiger partial charge in [0.25, 0.3) is 0 Å². The molecule has 0 radical (unpaired) electrons. The number of thioether (sulfide) groups is 1. The third-order valence-electron chi connectivity index (χ3n) is 3.78. The first kappa shape index (κ1) is 16.3. The Labute approximate surface area is 147 Å². The first-order chi connectivity index (χ1) is 11.1. The molecule has 0 saturated carbocycles.